The van der Waals surface area contributed by atoms with Gasteiger partial charge >= 0.3 is 18.0 Å². The lowest BCUT2D eigenvalue weighted by Gasteiger charge is -2.34. The molecule has 0 aromatic rings. The van der Waals surface area contributed by atoms with Gasteiger partial charge in [-0.1, -0.05) is 0 Å². The zero-order valence-electron chi connectivity index (χ0n) is 21.0. The Morgan fingerprint density at radius 1 is 1.06 bits per heavy atom. The molecule has 10 heteroatoms. The summed E-state index contributed by atoms with van der Waals surface area (Å²) in [6.07, 6.45) is 3.84. The number of hydrogen-bond acceptors (Lipinski definition) is 8. The molecule has 5 unspecified atom stereocenters. The topological polar surface area (TPSA) is 120 Å². The molecule has 0 aromatic heterocycles. The number of carbonyl (C=O) groups is 4. The second-order valence-electron chi connectivity index (χ2n) is 10.5. The highest BCUT2D eigenvalue weighted by atomic mass is 32.2. The van der Waals surface area contributed by atoms with E-state index < -0.39 is 41.1 Å². The molecule has 3 rings (SSSR count). The lowest BCUT2D eigenvalue weighted by molar-refractivity contribution is -0.156. The van der Waals surface area contributed by atoms with Gasteiger partial charge in [0, 0.05) is 5.92 Å². The van der Waals surface area contributed by atoms with Crippen molar-refractivity contribution < 1.29 is 33.4 Å². The van der Waals surface area contributed by atoms with Crippen LogP contribution in [0.4, 0.5) is 4.79 Å². The van der Waals surface area contributed by atoms with Crippen LogP contribution in [-0.2, 0) is 28.6 Å². The van der Waals surface area contributed by atoms with Crippen LogP contribution >= 0.6 is 11.8 Å². The van der Waals surface area contributed by atoms with Crippen molar-refractivity contribution in [3.63, 3.8) is 0 Å². The predicted molar refractivity (Wildman–Crippen MR) is 127 cm³/mol. The van der Waals surface area contributed by atoms with Gasteiger partial charge in [-0.05, 0) is 83.6 Å². The normalized spacial score (nSPS) is 28.9. The Bertz CT molecular complexity index is 823. The summed E-state index contributed by atoms with van der Waals surface area (Å²) in [6, 6.07) is -0.886. The molecule has 3 aliphatic carbocycles. The molecule has 1 spiro atoms. The maximum atomic E-state index is 13.5. The van der Waals surface area contributed by atoms with Crippen LogP contribution < -0.4 is 10.6 Å². The van der Waals surface area contributed by atoms with Crippen molar-refractivity contribution in [1.29, 1.82) is 0 Å². The number of rotatable bonds is 10. The Morgan fingerprint density at radius 2 is 1.71 bits per heavy atom. The molecule has 192 valence electrons. The van der Waals surface area contributed by atoms with E-state index in [2.05, 4.69) is 10.6 Å². The van der Waals surface area contributed by atoms with Crippen molar-refractivity contribution in [2.45, 2.75) is 77.5 Å². The van der Waals surface area contributed by atoms with Gasteiger partial charge in [0.1, 0.15) is 17.2 Å². The molecule has 2 amide bonds. The van der Waals surface area contributed by atoms with Crippen LogP contribution in [-0.4, -0.2) is 66.3 Å². The summed E-state index contributed by atoms with van der Waals surface area (Å²) in [5, 5.41) is 5.63. The summed E-state index contributed by atoms with van der Waals surface area (Å²) in [5.41, 5.74) is -2.16. The summed E-state index contributed by atoms with van der Waals surface area (Å²) in [6.45, 7) is 9.13. The predicted octanol–water partition coefficient (Wildman–Crippen LogP) is 2.66. The van der Waals surface area contributed by atoms with E-state index in [1.165, 1.54) is 0 Å². The minimum atomic E-state index is -1.31. The maximum absolute atomic E-state index is 13.5. The first-order valence-corrected chi connectivity index (χ1v) is 13.5. The first kappa shape index (κ1) is 26.6. The number of ether oxygens (including phenoxy) is 3. The van der Waals surface area contributed by atoms with Gasteiger partial charge in [0.05, 0.1) is 19.1 Å². The summed E-state index contributed by atoms with van der Waals surface area (Å²) >= 11 is 1.55. The van der Waals surface area contributed by atoms with Crippen molar-refractivity contribution in [3.05, 3.63) is 0 Å². The quantitative estimate of drug-likeness (QED) is 0.348. The summed E-state index contributed by atoms with van der Waals surface area (Å²) in [7, 11) is 0. The van der Waals surface area contributed by atoms with E-state index >= 15 is 0 Å². The number of alkyl carbamates (subject to hydrolysis) is 1. The first-order valence-electron chi connectivity index (χ1n) is 12.1. The molecule has 3 aliphatic rings. The maximum Gasteiger partial charge on any atom is 0.408 e. The number of esters is 2. The lowest BCUT2D eigenvalue weighted by atomic mass is 9.84. The van der Waals surface area contributed by atoms with Gasteiger partial charge in [0.25, 0.3) is 0 Å². The van der Waals surface area contributed by atoms with Crippen LogP contribution in [0, 0.1) is 23.2 Å². The van der Waals surface area contributed by atoms with Crippen LogP contribution in [0.5, 0.6) is 0 Å². The van der Waals surface area contributed by atoms with Crippen LogP contribution in [0.15, 0.2) is 0 Å². The van der Waals surface area contributed by atoms with Gasteiger partial charge in [-0.25, -0.2) is 9.59 Å². The van der Waals surface area contributed by atoms with E-state index in [0.29, 0.717) is 18.6 Å². The minimum Gasteiger partial charge on any atom is -0.466 e. The molecule has 0 aliphatic heterocycles. The standard InChI is InChI=1S/C24H38N2O7S/c1-7-31-19(28)15-16-17(15)24(20(29)32-8-2,13-23(16)10-11-23)26-18(27)14(9-12-34-6)25-21(30)33-22(3,4)5/h14-17H,7-13H2,1-6H3,(H,25,30)(H,26,27). The number of fused-ring (bicyclic) bond motifs is 2. The van der Waals surface area contributed by atoms with E-state index in [9.17, 15) is 19.2 Å². The van der Waals surface area contributed by atoms with Gasteiger partial charge < -0.3 is 24.8 Å². The Kier molecular flexibility index (Phi) is 7.79. The van der Waals surface area contributed by atoms with Crippen molar-refractivity contribution >= 4 is 35.7 Å². The average Bonchev–Trinajstić information content (AvgIpc) is 3.62. The average molecular weight is 499 g/mol. The molecular weight excluding hydrogens is 460 g/mol. The van der Waals surface area contributed by atoms with Crippen molar-refractivity contribution in [1.82, 2.24) is 10.6 Å². The number of nitrogens with one attached hydrogen (secondary N) is 2. The highest BCUT2D eigenvalue weighted by Crippen LogP contribution is 2.79. The fraction of sp³-hybridized carbons (Fsp3) is 0.833. The van der Waals surface area contributed by atoms with E-state index in [-0.39, 0.29) is 36.4 Å². The molecule has 0 radical (unpaired) electrons. The monoisotopic (exact) mass is 498 g/mol. The third-order valence-corrected chi connectivity index (χ3v) is 7.63. The molecule has 5 atom stereocenters. The van der Waals surface area contributed by atoms with Gasteiger partial charge in [0.15, 0.2) is 0 Å². The van der Waals surface area contributed by atoms with E-state index in [1.807, 2.05) is 6.26 Å². The highest BCUT2D eigenvalue weighted by molar-refractivity contribution is 7.98. The molecule has 9 nitrogen and oxygen atoms in total. The number of hydrogen-bond donors (Lipinski definition) is 2. The third kappa shape index (κ3) is 5.31. The Balaban J connectivity index is 1.84. The zero-order valence-corrected chi connectivity index (χ0v) is 21.8. The largest absolute Gasteiger partial charge is 0.466 e. The molecule has 3 saturated carbocycles. The zero-order chi connectivity index (χ0) is 25.3. The molecule has 0 saturated heterocycles. The second kappa shape index (κ2) is 9.95. The molecule has 3 fully saturated rings. The van der Waals surface area contributed by atoms with Gasteiger partial charge in [0.2, 0.25) is 5.91 Å². The molecular formula is C24H38N2O7S. The summed E-state index contributed by atoms with van der Waals surface area (Å²) in [4.78, 5) is 51.9. The molecule has 0 heterocycles. The summed E-state index contributed by atoms with van der Waals surface area (Å²) in [5.74, 6) is -1.48. The van der Waals surface area contributed by atoms with E-state index in [1.54, 1.807) is 46.4 Å². The number of amides is 2. The Morgan fingerprint density at radius 3 is 2.24 bits per heavy atom. The Labute approximate surface area is 205 Å². The fourth-order valence-electron chi connectivity index (χ4n) is 5.59. The first-order chi connectivity index (χ1) is 15.9. The lowest BCUT2D eigenvalue weighted by Crippen LogP contribution is -2.61. The van der Waals surface area contributed by atoms with Crippen molar-refractivity contribution in [2.75, 3.05) is 25.2 Å². The van der Waals surface area contributed by atoms with Crippen molar-refractivity contribution in [2.24, 2.45) is 23.2 Å². The fourth-order valence-corrected chi connectivity index (χ4v) is 6.06. The van der Waals surface area contributed by atoms with E-state index in [4.69, 9.17) is 14.2 Å². The minimum absolute atomic E-state index is 0.000261. The van der Waals surface area contributed by atoms with Crippen LogP contribution in [0.2, 0.25) is 0 Å². The SMILES string of the molecule is CCOC(=O)C1C2C1C(NC(=O)C(CCSC)NC(=O)OC(C)(C)C)(C(=O)OCC)CC21CC1. The molecule has 34 heavy (non-hydrogen) atoms. The van der Waals surface area contributed by atoms with Crippen LogP contribution in [0.25, 0.3) is 0 Å². The third-order valence-electron chi connectivity index (χ3n) is 6.98. The molecule has 0 aromatic carbocycles. The van der Waals surface area contributed by atoms with Crippen LogP contribution in [0.3, 0.4) is 0 Å². The van der Waals surface area contributed by atoms with Gasteiger partial charge in [-0.15, -0.1) is 0 Å². The Hall–Kier alpha value is -1.97. The highest BCUT2D eigenvalue weighted by Gasteiger charge is 2.83. The van der Waals surface area contributed by atoms with E-state index in [0.717, 1.165) is 12.8 Å². The van der Waals surface area contributed by atoms with Gasteiger partial charge in [-0.2, -0.15) is 11.8 Å². The second-order valence-corrected chi connectivity index (χ2v) is 11.5. The van der Waals surface area contributed by atoms with Gasteiger partial charge in [-0.3, -0.25) is 9.59 Å². The smallest absolute Gasteiger partial charge is 0.408 e. The number of carbonyl (C=O) groups excluding carboxylic acids is 4. The van der Waals surface area contributed by atoms with Crippen molar-refractivity contribution in [3.8, 4) is 0 Å². The molecule has 2 N–H and O–H groups in total. The molecule has 0 bridgehead atoms. The summed E-state index contributed by atoms with van der Waals surface area (Å²) < 4.78 is 16.0. The van der Waals surface area contributed by atoms with Crippen LogP contribution in [0.1, 0.15) is 60.3 Å². The number of thioether (sulfide) groups is 1.